The van der Waals surface area contributed by atoms with E-state index in [0.29, 0.717) is 30.4 Å². The van der Waals surface area contributed by atoms with Gasteiger partial charge in [-0.3, -0.25) is 19.8 Å². The summed E-state index contributed by atoms with van der Waals surface area (Å²) in [6, 6.07) is 11.5. The number of hydrogen-bond donors (Lipinski definition) is 0. The van der Waals surface area contributed by atoms with Crippen molar-refractivity contribution >= 4 is 32.2 Å². The minimum Gasteiger partial charge on any atom is -0.348 e. The lowest BCUT2D eigenvalue weighted by Crippen LogP contribution is -2.42. The van der Waals surface area contributed by atoms with Crippen LogP contribution in [0.4, 0.5) is 24.0 Å². The van der Waals surface area contributed by atoms with Crippen LogP contribution in [0.25, 0.3) is 10.1 Å². The van der Waals surface area contributed by atoms with E-state index in [9.17, 15) is 28.1 Å². The molecule has 0 radical (unpaired) electrons. The van der Waals surface area contributed by atoms with E-state index in [1.54, 1.807) is 0 Å². The quantitative estimate of drug-likeness (QED) is 0.364. The minimum absolute atomic E-state index is 0.0758. The third kappa shape index (κ3) is 4.74. The fraction of sp³-hybridized carbons (Fsp3) is 0.417. The molecule has 1 spiro atoms. The summed E-state index contributed by atoms with van der Waals surface area (Å²) in [5.41, 5.74) is -1.36. The lowest BCUT2D eigenvalue weighted by molar-refractivity contribution is -0.383. The molecule has 3 aromatic rings. The fourth-order valence-electron chi connectivity index (χ4n) is 5.16. The van der Waals surface area contributed by atoms with Gasteiger partial charge < -0.3 is 4.90 Å². The SMILES string of the molecule is O=c1nc(N2CCC3(CCN(Cc4ccccc4)C3)CC2)sc2c([N+](=O)[O-])cc(C(F)(F)F)cc12. The Hall–Kier alpha value is -3.05. The summed E-state index contributed by atoms with van der Waals surface area (Å²) in [7, 11) is 0. The number of halogens is 3. The van der Waals surface area contributed by atoms with Gasteiger partial charge in [0.1, 0.15) is 4.70 Å². The molecule has 35 heavy (non-hydrogen) atoms. The Morgan fingerprint density at radius 3 is 2.43 bits per heavy atom. The minimum atomic E-state index is -4.80. The Labute approximate surface area is 203 Å². The smallest absolute Gasteiger partial charge is 0.348 e. The number of nitrogens with zero attached hydrogens (tertiary/aromatic N) is 4. The third-order valence-corrected chi connectivity index (χ3v) is 8.24. The highest BCUT2D eigenvalue weighted by Gasteiger charge is 2.41. The molecular weight excluding hydrogens is 481 g/mol. The van der Waals surface area contributed by atoms with Gasteiger partial charge in [0.15, 0.2) is 5.13 Å². The number of piperidine rings is 1. The van der Waals surface area contributed by atoms with Crippen molar-refractivity contribution in [2.24, 2.45) is 5.41 Å². The van der Waals surface area contributed by atoms with Crippen molar-refractivity contribution < 1.29 is 18.1 Å². The number of nitro groups is 1. The molecule has 0 N–H and O–H groups in total. The van der Waals surface area contributed by atoms with Crippen LogP contribution < -0.4 is 10.5 Å². The first-order chi connectivity index (χ1) is 16.6. The van der Waals surface area contributed by atoms with Crippen molar-refractivity contribution in [3.8, 4) is 0 Å². The number of nitro benzene ring substituents is 1. The van der Waals surface area contributed by atoms with Crippen molar-refractivity contribution in [3.63, 3.8) is 0 Å². The van der Waals surface area contributed by atoms with E-state index < -0.39 is 27.9 Å². The van der Waals surface area contributed by atoms with Crippen LogP contribution in [-0.2, 0) is 12.7 Å². The van der Waals surface area contributed by atoms with Gasteiger partial charge in [-0.15, -0.1) is 0 Å². The van der Waals surface area contributed by atoms with Crippen LogP contribution in [0.1, 0.15) is 30.4 Å². The van der Waals surface area contributed by atoms with Crippen LogP contribution in [0.5, 0.6) is 0 Å². The summed E-state index contributed by atoms with van der Waals surface area (Å²) < 4.78 is 39.5. The molecular formula is C24H23F3N4O3S. The Bertz CT molecular complexity index is 1320. The molecule has 7 nitrogen and oxygen atoms in total. The summed E-state index contributed by atoms with van der Waals surface area (Å²) in [5, 5.41) is 11.5. The number of anilines is 1. The maximum absolute atomic E-state index is 13.2. The van der Waals surface area contributed by atoms with Crippen molar-refractivity contribution in [1.82, 2.24) is 9.88 Å². The Morgan fingerprint density at radius 2 is 1.77 bits per heavy atom. The van der Waals surface area contributed by atoms with Gasteiger partial charge in [-0.1, -0.05) is 41.7 Å². The number of alkyl halides is 3. The van der Waals surface area contributed by atoms with Crippen molar-refractivity contribution in [1.29, 1.82) is 0 Å². The lowest BCUT2D eigenvalue weighted by atomic mass is 9.78. The second-order valence-corrected chi connectivity index (χ2v) is 10.3. The van der Waals surface area contributed by atoms with Gasteiger partial charge in [-0.2, -0.15) is 18.2 Å². The zero-order valence-electron chi connectivity index (χ0n) is 18.8. The number of aromatic nitrogens is 1. The van der Waals surface area contributed by atoms with Crippen molar-refractivity contribution in [3.05, 3.63) is 74.1 Å². The van der Waals surface area contributed by atoms with Crippen LogP contribution in [0.15, 0.2) is 47.3 Å². The van der Waals surface area contributed by atoms with Crippen LogP contribution in [-0.4, -0.2) is 41.0 Å². The average Bonchev–Trinajstić information content (AvgIpc) is 3.20. The molecule has 0 aliphatic carbocycles. The first-order valence-corrected chi connectivity index (χ1v) is 12.2. The Morgan fingerprint density at radius 1 is 1.09 bits per heavy atom. The maximum Gasteiger partial charge on any atom is 0.416 e. The molecule has 0 amide bonds. The van der Waals surface area contributed by atoms with E-state index in [1.165, 1.54) is 5.56 Å². The van der Waals surface area contributed by atoms with Gasteiger partial charge in [0.2, 0.25) is 0 Å². The van der Waals surface area contributed by atoms with Crippen LogP contribution in [0.2, 0.25) is 0 Å². The molecule has 1 aromatic heterocycles. The monoisotopic (exact) mass is 504 g/mol. The van der Waals surface area contributed by atoms with Gasteiger partial charge in [0, 0.05) is 32.2 Å². The van der Waals surface area contributed by atoms with E-state index in [4.69, 9.17) is 0 Å². The topological polar surface area (TPSA) is 79.6 Å². The molecule has 0 unspecified atom stereocenters. The standard InChI is InChI=1S/C24H23F3N4O3S/c25-24(26,27)17-12-18-20(19(13-17)31(33)34)35-22(28-21(18)32)30-10-7-23(8-11-30)6-9-29(15-23)14-16-4-2-1-3-5-16/h1-5,12-13H,6-11,14-15H2. The summed E-state index contributed by atoms with van der Waals surface area (Å²) in [6.07, 6.45) is -1.92. The van der Waals surface area contributed by atoms with E-state index >= 15 is 0 Å². The second-order valence-electron chi connectivity index (χ2n) is 9.36. The van der Waals surface area contributed by atoms with E-state index in [0.717, 1.165) is 50.2 Å². The number of benzene rings is 2. The predicted molar refractivity (Wildman–Crippen MR) is 128 cm³/mol. The first-order valence-electron chi connectivity index (χ1n) is 11.4. The second kappa shape index (κ2) is 8.87. The maximum atomic E-state index is 13.2. The molecule has 184 valence electrons. The number of rotatable bonds is 4. The molecule has 2 aromatic carbocycles. The van der Waals surface area contributed by atoms with Gasteiger partial charge in [-0.05, 0) is 42.9 Å². The fourth-order valence-corrected chi connectivity index (χ4v) is 6.28. The number of fused-ring (bicyclic) bond motifs is 1. The van der Waals surface area contributed by atoms with Gasteiger partial charge in [0.05, 0.1) is 15.9 Å². The molecule has 2 aliphatic heterocycles. The van der Waals surface area contributed by atoms with E-state index in [-0.39, 0.29) is 15.5 Å². The van der Waals surface area contributed by atoms with Gasteiger partial charge in [0.25, 0.3) is 11.2 Å². The summed E-state index contributed by atoms with van der Waals surface area (Å²) in [4.78, 5) is 31.7. The number of non-ortho nitro benzene ring substituents is 1. The zero-order chi connectivity index (χ0) is 24.8. The molecule has 5 rings (SSSR count). The number of likely N-dealkylation sites (tertiary alicyclic amines) is 1. The van der Waals surface area contributed by atoms with E-state index in [1.807, 2.05) is 23.1 Å². The Balaban J connectivity index is 1.35. The van der Waals surface area contributed by atoms with E-state index in [2.05, 4.69) is 22.0 Å². The average molecular weight is 505 g/mol. The zero-order valence-corrected chi connectivity index (χ0v) is 19.6. The summed E-state index contributed by atoms with van der Waals surface area (Å²) >= 11 is 0.911. The van der Waals surface area contributed by atoms with Crippen molar-refractivity contribution in [2.45, 2.75) is 32.0 Å². The summed E-state index contributed by atoms with van der Waals surface area (Å²) in [5.74, 6) is 0. The lowest BCUT2D eigenvalue weighted by Gasteiger charge is -2.39. The van der Waals surface area contributed by atoms with Crippen LogP contribution >= 0.6 is 11.3 Å². The molecule has 2 saturated heterocycles. The van der Waals surface area contributed by atoms with Crippen LogP contribution in [0.3, 0.4) is 0 Å². The largest absolute Gasteiger partial charge is 0.416 e. The summed E-state index contributed by atoms with van der Waals surface area (Å²) in [6.45, 7) is 4.20. The Kier molecular flexibility index (Phi) is 6.00. The molecule has 2 aliphatic rings. The molecule has 0 saturated carbocycles. The molecule has 0 bridgehead atoms. The third-order valence-electron chi connectivity index (χ3n) is 7.08. The van der Waals surface area contributed by atoms with Gasteiger partial charge in [-0.25, -0.2) is 0 Å². The molecule has 0 atom stereocenters. The first kappa shape index (κ1) is 23.7. The van der Waals surface area contributed by atoms with Gasteiger partial charge >= 0.3 is 6.18 Å². The van der Waals surface area contributed by atoms with Crippen LogP contribution in [0, 0.1) is 15.5 Å². The molecule has 11 heteroatoms. The highest BCUT2D eigenvalue weighted by atomic mass is 32.1. The predicted octanol–water partition coefficient (Wildman–Crippen LogP) is 5.08. The van der Waals surface area contributed by atoms with Crippen molar-refractivity contribution in [2.75, 3.05) is 31.1 Å². The normalized spacial score (nSPS) is 18.4. The highest BCUT2D eigenvalue weighted by molar-refractivity contribution is 7.22. The number of hydrogen-bond acceptors (Lipinski definition) is 7. The molecule has 3 heterocycles. The molecule has 2 fully saturated rings. The highest BCUT2D eigenvalue weighted by Crippen LogP contribution is 2.43.